The van der Waals surface area contributed by atoms with Gasteiger partial charge in [0.15, 0.2) is 6.10 Å². The van der Waals surface area contributed by atoms with Crippen molar-refractivity contribution in [2.75, 3.05) is 12.4 Å². The summed E-state index contributed by atoms with van der Waals surface area (Å²) in [5, 5.41) is 3.69. The number of carbonyl (C=O) groups is 2. The van der Waals surface area contributed by atoms with E-state index in [-0.39, 0.29) is 6.42 Å². The Hall–Kier alpha value is -2.24. The van der Waals surface area contributed by atoms with Crippen molar-refractivity contribution in [1.82, 2.24) is 0 Å². The van der Waals surface area contributed by atoms with Gasteiger partial charge in [-0.3, -0.25) is 9.59 Å². The summed E-state index contributed by atoms with van der Waals surface area (Å²) in [4.78, 5) is 24.4. The van der Waals surface area contributed by atoms with Crippen LogP contribution in [0.1, 0.15) is 18.1 Å². The van der Waals surface area contributed by atoms with E-state index in [0.717, 1.165) is 5.56 Å². The maximum atomic E-state index is 12.3. The Bertz CT molecular complexity index is 823. The molecular formula is C19H19Cl2NO4. The monoisotopic (exact) mass is 395 g/mol. The molecule has 26 heavy (non-hydrogen) atoms. The van der Waals surface area contributed by atoms with Crippen LogP contribution in [0.25, 0.3) is 0 Å². The van der Waals surface area contributed by atoms with Gasteiger partial charge in [0, 0.05) is 21.3 Å². The van der Waals surface area contributed by atoms with E-state index in [0.29, 0.717) is 27.0 Å². The molecular weight excluding hydrogens is 377 g/mol. The van der Waals surface area contributed by atoms with Crippen LogP contribution in [-0.2, 0) is 20.7 Å². The first-order valence-corrected chi connectivity index (χ1v) is 8.64. The molecule has 0 heterocycles. The third kappa shape index (κ3) is 5.38. The molecule has 0 aliphatic rings. The first kappa shape index (κ1) is 20.1. The van der Waals surface area contributed by atoms with Crippen molar-refractivity contribution in [2.24, 2.45) is 0 Å². The minimum Gasteiger partial charge on any atom is -0.496 e. The van der Waals surface area contributed by atoms with Gasteiger partial charge >= 0.3 is 5.97 Å². The number of benzene rings is 2. The Balaban J connectivity index is 1.99. The summed E-state index contributed by atoms with van der Waals surface area (Å²) in [5.74, 6) is -0.476. The van der Waals surface area contributed by atoms with E-state index in [9.17, 15) is 9.59 Å². The maximum Gasteiger partial charge on any atom is 0.311 e. The number of anilines is 1. The van der Waals surface area contributed by atoms with Gasteiger partial charge in [-0.15, -0.1) is 0 Å². The van der Waals surface area contributed by atoms with E-state index < -0.39 is 18.0 Å². The highest BCUT2D eigenvalue weighted by atomic mass is 35.5. The topological polar surface area (TPSA) is 64.6 Å². The van der Waals surface area contributed by atoms with E-state index in [1.165, 1.54) is 14.0 Å². The van der Waals surface area contributed by atoms with Crippen LogP contribution in [0.5, 0.6) is 5.75 Å². The second kappa shape index (κ2) is 8.92. The number of carbonyl (C=O) groups excluding carboxylic acids is 2. The average Bonchev–Trinajstić information content (AvgIpc) is 2.58. The molecule has 0 aliphatic carbocycles. The van der Waals surface area contributed by atoms with Crippen LogP contribution >= 0.6 is 23.2 Å². The van der Waals surface area contributed by atoms with Gasteiger partial charge in [0.05, 0.1) is 13.5 Å². The van der Waals surface area contributed by atoms with Gasteiger partial charge in [-0.25, -0.2) is 0 Å². The number of hydrogen-bond donors (Lipinski definition) is 1. The fourth-order valence-corrected chi connectivity index (χ4v) is 2.66. The molecule has 0 aromatic heterocycles. The quantitative estimate of drug-likeness (QED) is 0.734. The highest BCUT2D eigenvalue weighted by Crippen LogP contribution is 2.24. The lowest BCUT2D eigenvalue weighted by Gasteiger charge is -2.15. The van der Waals surface area contributed by atoms with Crippen molar-refractivity contribution in [3.63, 3.8) is 0 Å². The zero-order valence-electron chi connectivity index (χ0n) is 14.6. The lowest BCUT2D eigenvalue weighted by Crippen LogP contribution is -2.30. The van der Waals surface area contributed by atoms with Crippen LogP contribution in [-0.4, -0.2) is 25.1 Å². The first-order valence-electron chi connectivity index (χ1n) is 7.89. The molecule has 0 radical (unpaired) electrons. The summed E-state index contributed by atoms with van der Waals surface area (Å²) in [6.45, 7) is 3.34. The molecule has 0 saturated carbocycles. The van der Waals surface area contributed by atoms with Gasteiger partial charge in [0.1, 0.15) is 5.75 Å². The summed E-state index contributed by atoms with van der Waals surface area (Å²) in [6.07, 6.45) is -1.02. The van der Waals surface area contributed by atoms with Crippen LogP contribution in [0.15, 0.2) is 36.4 Å². The van der Waals surface area contributed by atoms with E-state index >= 15 is 0 Å². The van der Waals surface area contributed by atoms with Crippen LogP contribution in [0.4, 0.5) is 5.69 Å². The van der Waals surface area contributed by atoms with Crippen molar-refractivity contribution < 1.29 is 19.1 Å². The van der Waals surface area contributed by atoms with Gasteiger partial charge in [-0.1, -0.05) is 29.3 Å². The van der Waals surface area contributed by atoms with Crippen molar-refractivity contribution in [2.45, 2.75) is 26.4 Å². The van der Waals surface area contributed by atoms with Crippen LogP contribution in [0, 0.1) is 6.92 Å². The minimum absolute atomic E-state index is 0.0580. The van der Waals surface area contributed by atoms with E-state index in [1.54, 1.807) is 36.4 Å². The van der Waals surface area contributed by atoms with Gasteiger partial charge in [0.25, 0.3) is 5.91 Å². The van der Waals surface area contributed by atoms with Gasteiger partial charge in [-0.05, 0) is 49.7 Å². The third-order valence-electron chi connectivity index (χ3n) is 3.71. The molecule has 0 unspecified atom stereocenters. The lowest BCUT2D eigenvalue weighted by atomic mass is 10.1. The fourth-order valence-electron chi connectivity index (χ4n) is 2.30. The van der Waals surface area contributed by atoms with Crippen LogP contribution in [0.3, 0.4) is 0 Å². The summed E-state index contributed by atoms with van der Waals surface area (Å²) >= 11 is 11.9. The molecule has 7 heteroatoms. The maximum absolute atomic E-state index is 12.3. The molecule has 0 saturated heterocycles. The predicted octanol–water partition coefficient (Wildman–Crippen LogP) is 4.42. The zero-order valence-corrected chi connectivity index (χ0v) is 16.1. The normalized spacial score (nSPS) is 11.6. The lowest BCUT2D eigenvalue weighted by molar-refractivity contribution is -0.152. The fraction of sp³-hybridized carbons (Fsp3) is 0.263. The zero-order chi connectivity index (χ0) is 19.3. The standard InChI is InChI=1S/C19H19Cl2NO4/c1-11-4-5-15(21)10-16(11)22-19(24)12(2)26-18(23)9-13-8-14(20)6-7-17(13)25-3/h4-8,10,12H,9H2,1-3H3,(H,22,24)/t12-/m1/s1. The van der Waals surface area contributed by atoms with Crippen molar-refractivity contribution >= 4 is 40.8 Å². The molecule has 0 spiro atoms. The molecule has 2 aromatic rings. The number of methoxy groups -OCH3 is 1. The summed E-state index contributed by atoms with van der Waals surface area (Å²) in [6, 6.07) is 10.1. The Kier molecular flexibility index (Phi) is 6.89. The Morgan fingerprint density at radius 3 is 2.46 bits per heavy atom. The molecule has 1 amide bonds. The number of esters is 1. The van der Waals surface area contributed by atoms with E-state index in [1.807, 2.05) is 6.92 Å². The second-order valence-corrected chi connectivity index (χ2v) is 6.59. The summed E-state index contributed by atoms with van der Waals surface area (Å²) < 4.78 is 10.4. The van der Waals surface area contributed by atoms with Gasteiger partial charge < -0.3 is 14.8 Å². The summed E-state index contributed by atoms with van der Waals surface area (Å²) in [7, 11) is 1.50. The summed E-state index contributed by atoms with van der Waals surface area (Å²) in [5.41, 5.74) is 2.01. The Morgan fingerprint density at radius 2 is 1.77 bits per heavy atom. The molecule has 2 rings (SSSR count). The van der Waals surface area contributed by atoms with E-state index in [4.69, 9.17) is 32.7 Å². The molecule has 5 nitrogen and oxygen atoms in total. The van der Waals surface area contributed by atoms with E-state index in [2.05, 4.69) is 5.32 Å². The molecule has 138 valence electrons. The third-order valence-corrected chi connectivity index (χ3v) is 4.18. The number of halogens is 2. The molecule has 2 aromatic carbocycles. The number of nitrogens with one attached hydrogen (secondary N) is 1. The van der Waals surface area contributed by atoms with Crippen LogP contribution in [0.2, 0.25) is 10.0 Å². The Morgan fingerprint density at radius 1 is 1.12 bits per heavy atom. The van der Waals surface area contributed by atoms with Crippen molar-refractivity contribution in [3.05, 3.63) is 57.6 Å². The second-order valence-electron chi connectivity index (χ2n) is 5.71. The SMILES string of the molecule is COc1ccc(Cl)cc1CC(=O)O[C@H](C)C(=O)Nc1cc(Cl)ccc1C. The Labute approximate surface area is 162 Å². The number of amides is 1. The molecule has 1 N–H and O–H groups in total. The number of hydrogen-bond acceptors (Lipinski definition) is 4. The number of aryl methyl sites for hydroxylation is 1. The minimum atomic E-state index is -0.967. The predicted molar refractivity (Wildman–Crippen MR) is 102 cm³/mol. The average molecular weight is 396 g/mol. The highest BCUT2D eigenvalue weighted by Gasteiger charge is 2.20. The molecule has 0 aliphatic heterocycles. The van der Waals surface area contributed by atoms with Gasteiger partial charge in [-0.2, -0.15) is 0 Å². The number of rotatable bonds is 6. The molecule has 0 fully saturated rings. The van der Waals surface area contributed by atoms with Crippen LogP contribution < -0.4 is 10.1 Å². The first-order chi connectivity index (χ1) is 12.3. The smallest absolute Gasteiger partial charge is 0.311 e. The highest BCUT2D eigenvalue weighted by molar-refractivity contribution is 6.31. The molecule has 1 atom stereocenters. The largest absolute Gasteiger partial charge is 0.496 e. The van der Waals surface area contributed by atoms with Crippen molar-refractivity contribution in [3.8, 4) is 5.75 Å². The van der Waals surface area contributed by atoms with Gasteiger partial charge in [0.2, 0.25) is 0 Å². The van der Waals surface area contributed by atoms with Crippen molar-refractivity contribution in [1.29, 1.82) is 0 Å². The number of ether oxygens (including phenoxy) is 2. The molecule has 0 bridgehead atoms.